The molecule has 6 heteroatoms. The molecule has 0 saturated heterocycles. The number of nitroso groups, excluding NO2 is 1. The van der Waals surface area contributed by atoms with Crippen molar-refractivity contribution < 1.29 is 9.84 Å². The Morgan fingerprint density at radius 2 is 2.05 bits per heavy atom. The summed E-state index contributed by atoms with van der Waals surface area (Å²) in [6.07, 6.45) is 1.68. The van der Waals surface area contributed by atoms with E-state index in [9.17, 15) is 10.0 Å². The third-order valence-corrected chi connectivity index (χ3v) is 3.37. The lowest BCUT2D eigenvalue weighted by molar-refractivity contribution is 0.282. The highest BCUT2D eigenvalue weighted by Crippen LogP contribution is 2.32. The first-order chi connectivity index (χ1) is 10.8. The quantitative estimate of drug-likeness (QED) is 0.733. The summed E-state index contributed by atoms with van der Waals surface area (Å²) >= 11 is 0. The number of benzene rings is 1. The summed E-state index contributed by atoms with van der Waals surface area (Å²) in [6.45, 7) is 2.44. The molecule has 3 rings (SSSR count). The van der Waals surface area contributed by atoms with E-state index in [1.54, 1.807) is 22.7 Å². The summed E-state index contributed by atoms with van der Waals surface area (Å²) in [5.41, 5.74) is 2.60. The van der Waals surface area contributed by atoms with Gasteiger partial charge in [0.05, 0.1) is 13.2 Å². The molecule has 0 unspecified atom stereocenters. The van der Waals surface area contributed by atoms with Crippen LogP contribution in [0, 0.1) is 4.91 Å². The average molecular weight is 297 g/mol. The van der Waals surface area contributed by atoms with Gasteiger partial charge in [0.25, 0.3) is 0 Å². The number of aliphatic hydroxyl groups excluding tert-OH is 1. The van der Waals surface area contributed by atoms with Crippen LogP contribution in [0.4, 0.5) is 5.82 Å². The van der Waals surface area contributed by atoms with Gasteiger partial charge in [0.2, 0.25) is 5.82 Å². The number of nitrogens with zero attached hydrogens (tertiary/aromatic N) is 3. The topological polar surface area (TPSA) is 76.2 Å². The predicted molar refractivity (Wildman–Crippen MR) is 83.2 cm³/mol. The monoisotopic (exact) mass is 297 g/mol. The van der Waals surface area contributed by atoms with Gasteiger partial charge in [-0.05, 0) is 54.1 Å². The minimum absolute atomic E-state index is 0.0778. The molecule has 0 radical (unpaired) electrons. The second kappa shape index (κ2) is 5.95. The first-order valence-corrected chi connectivity index (χ1v) is 6.95. The smallest absolute Gasteiger partial charge is 0.209 e. The minimum Gasteiger partial charge on any atom is -0.494 e. The zero-order chi connectivity index (χ0) is 15.5. The highest BCUT2D eigenvalue weighted by Gasteiger charge is 2.15. The summed E-state index contributed by atoms with van der Waals surface area (Å²) < 4.78 is 7.01. The van der Waals surface area contributed by atoms with Crippen LogP contribution >= 0.6 is 0 Å². The Kier molecular flexibility index (Phi) is 3.84. The molecule has 0 aliphatic rings. The van der Waals surface area contributed by atoms with Crippen LogP contribution in [0.5, 0.6) is 5.75 Å². The van der Waals surface area contributed by atoms with Gasteiger partial charge in [0.1, 0.15) is 17.1 Å². The minimum atomic E-state index is -0.0778. The number of rotatable bonds is 5. The summed E-state index contributed by atoms with van der Waals surface area (Å²) in [6, 6.07) is 10.8. The fraction of sp³-hybridized carbons (Fsp3) is 0.188. The Morgan fingerprint density at radius 1 is 1.27 bits per heavy atom. The molecule has 0 aliphatic heterocycles. The first kappa shape index (κ1) is 14.2. The van der Waals surface area contributed by atoms with Crippen LogP contribution in [0.15, 0.2) is 47.8 Å². The third kappa shape index (κ3) is 2.44. The highest BCUT2D eigenvalue weighted by atomic mass is 16.5. The molecule has 0 atom stereocenters. The maximum atomic E-state index is 11.2. The Morgan fingerprint density at radius 3 is 2.68 bits per heavy atom. The van der Waals surface area contributed by atoms with Crippen molar-refractivity contribution in [3.8, 4) is 17.0 Å². The second-order valence-corrected chi connectivity index (χ2v) is 4.75. The van der Waals surface area contributed by atoms with E-state index in [0.717, 1.165) is 16.9 Å². The molecule has 1 aromatic carbocycles. The molecule has 6 nitrogen and oxygen atoms in total. The van der Waals surface area contributed by atoms with Gasteiger partial charge in [-0.15, -0.1) is 4.91 Å². The molecule has 2 aromatic heterocycles. The molecule has 112 valence electrons. The van der Waals surface area contributed by atoms with E-state index >= 15 is 0 Å². The van der Waals surface area contributed by atoms with Crippen LogP contribution < -0.4 is 4.74 Å². The molecule has 0 fully saturated rings. The van der Waals surface area contributed by atoms with Gasteiger partial charge < -0.3 is 9.84 Å². The average Bonchev–Trinajstić information content (AvgIpc) is 2.93. The van der Waals surface area contributed by atoms with Crippen molar-refractivity contribution >= 4 is 11.5 Å². The van der Waals surface area contributed by atoms with Crippen molar-refractivity contribution in [1.82, 2.24) is 9.38 Å². The van der Waals surface area contributed by atoms with Gasteiger partial charge in [-0.25, -0.2) is 4.98 Å². The highest BCUT2D eigenvalue weighted by molar-refractivity contribution is 5.75. The molecule has 0 spiro atoms. The molecular weight excluding hydrogens is 282 g/mol. The van der Waals surface area contributed by atoms with Gasteiger partial charge in [0.15, 0.2) is 0 Å². The summed E-state index contributed by atoms with van der Waals surface area (Å²) in [5.74, 6) is 1.00. The molecular formula is C16H15N3O3. The van der Waals surface area contributed by atoms with Crippen LogP contribution in [0.3, 0.4) is 0 Å². The van der Waals surface area contributed by atoms with Crippen LogP contribution in [-0.4, -0.2) is 21.1 Å². The van der Waals surface area contributed by atoms with Crippen LogP contribution in [0.25, 0.3) is 16.9 Å². The SMILES string of the molecule is CCOc1ccc(-c2nc3cc(CO)ccn3c2N=O)cc1. The summed E-state index contributed by atoms with van der Waals surface area (Å²) in [4.78, 5) is 15.7. The van der Waals surface area contributed by atoms with Crippen molar-refractivity contribution in [2.45, 2.75) is 13.5 Å². The van der Waals surface area contributed by atoms with Crippen LogP contribution in [0.2, 0.25) is 0 Å². The Balaban J connectivity index is 2.10. The number of fused-ring (bicyclic) bond motifs is 1. The lowest BCUT2D eigenvalue weighted by atomic mass is 10.1. The Labute approximate surface area is 127 Å². The molecule has 0 saturated carbocycles. The van der Waals surface area contributed by atoms with E-state index in [1.165, 1.54) is 0 Å². The second-order valence-electron chi connectivity index (χ2n) is 4.75. The normalized spacial score (nSPS) is 10.8. The number of ether oxygens (including phenoxy) is 1. The number of hydrogen-bond acceptors (Lipinski definition) is 5. The van der Waals surface area contributed by atoms with Crippen molar-refractivity contribution in [2.24, 2.45) is 5.18 Å². The van der Waals surface area contributed by atoms with Gasteiger partial charge in [-0.3, -0.25) is 4.40 Å². The van der Waals surface area contributed by atoms with Gasteiger partial charge in [0, 0.05) is 11.8 Å². The van der Waals surface area contributed by atoms with Crippen LogP contribution in [-0.2, 0) is 6.61 Å². The number of hydrogen-bond donors (Lipinski definition) is 1. The largest absolute Gasteiger partial charge is 0.494 e. The van der Waals surface area contributed by atoms with Crippen molar-refractivity contribution in [2.75, 3.05) is 6.61 Å². The lowest BCUT2D eigenvalue weighted by Gasteiger charge is -2.03. The number of imidazole rings is 1. The van der Waals surface area contributed by atoms with E-state index in [-0.39, 0.29) is 12.4 Å². The van der Waals surface area contributed by atoms with Crippen molar-refractivity contribution in [3.05, 3.63) is 53.1 Å². The predicted octanol–water partition coefficient (Wildman–Crippen LogP) is 3.29. The lowest BCUT2D eigenvalue weighted by Crippen LogP contribution is -1.90. The molecule has 0 aliphatic carbocycles. The van der Waals surface area contributed by atoms with E-state index in [2.05, 4.69) is 10.2 Å². The fourth-order valence-corrected chi connectivity index (χ4v) is 2.33. The number of aliphatic hydroxyl groups is 1. The van der Waals surface area contributed by atoms with Gasteiger partial charge in [-0.1, -0.05) is 0 Å². The molecule has 2 heterocycles. The molecule has 3 aromatic rings. The molecule has 0 bridgehead atoms. The van der Waals surface area contributed by atoms with Crippen LogP contribution in [0.1, 0.15) is 12.5 Å². The standard InChI is InChI=1S/C16H15N3O3/c1-2-22-13-5-3-12(4-6-13)15-16(18-21)19-8-7-11(10-20)9-14(19)17-15/h3-9,20H,2,10H2,1H3. The summed E-state index contributed by atoms with van der Waals surface area (Å²) in [5, 5.41) is 12.3. The molecule has 0 amide bonds. The zero-order valence-corrected chi connectivity index (χ0v) is 12.1. The van der Waals surface area contributed by atoms with Crippen molar-refractivity contribution in [1.29, 1.82) is 0 Å². The maximum Gasteiger partial charge on any atom is 0.209 e. The third-order valence-electron chi connectivity index (χ3n) is 3.37. The summed E-state index contributed by atoms with van der Waals surface area (Å²) in [7, 11) is 0. The van der Waals surface area contributed by atoms with E-state index in [0.29, 0.717) is 17.9 Å². The zero-order valence-electron chi connectivity index (χ0n) is 12.1. The fourth-order valence-electron chi connectivity index (χ4n) is 2.33. The van der Waals surface area contributed by atoms with E-state index in [4.69, 9.17) is 4.74 Å². The number of pyridine rings is 1. The molecule has 22 heavy (non-hydrogen) atoms. The maximum absolute atomic E-state index is 11.2. The Bertz CT molecular complexity index is 809. The first-order valence-electron chi connectivity index (χ1n) is 6.95. The van der Waals surface area contributed by atoms with E-state index in [1.807, 2.05) is 31.2 Å². The van der Waals surface area contributed by atoms with Gasteiger partial charge >= 0.3 is 0 Å². The molecule has 1 N–H and O–H groups in total. The van der Waals surface area contributed by atoms with Crippen molar-refractivity contribution in [3.63, 3.8) is 0 Å². The van der Waals surface area contributed by atoms with E-state index < -0.39 is 0 Å². The Hall–Kier alpha value is -2.73. The van der Waals surface area contributed by atoms with Gasteiger partial charge in [-0.2, -0.15) is 0 Å². The number of aromatic nitrogens is 2.